The van der Waals surface area contributed by atoms with Crippen molar-refractivity contribution in [2.45, 2.75) is 6.04 Å². The lowest BCUT2D eigenvalue weighted by atomic mass is 9.95. The van der Waals surface area contributed by atoms with E-state index in [0.717, 1.165) is 0 Å². The van der Waals surface area contributed by atoms with E-state index in [4.69, 9.17) is 4.74 Å². The Bertz CT molecular complexity index is 954. The lowest BCUT2D eigenvalue weighted by Crippen LogP contribution is -2.35. The standard InChI is InChI=1S/C22H23FN2O4/c1-24(2)11-12-25-19(15-5-4-6-17(13-15)29-3)18(21(27)22(25)28)20(26)14-7-9-16(23)10-8-14/h4-10,13,19,26H,11-12H2,1-3H3/t19-/m0/s1. The van der Waals surface area contributed by atoms with Crippen molar-refractivity contribution in [3.05, 3.63) is 71.0 Å². The Labute approximate surface area is 168 Å². The molecule has 0 bridgehead atoms. The fraction of sp³-hybridized carbons (Fsp3) is 0.273. The quantitative estimate of drug-likeness (QED) is 0.460. The minimum absolute atomic E-state index is 0.0198. The summed E-state index contributed by atoms with van der Waals surface area (Å²) in [6.45, 7) is 0.851. The molecule has 1 saturated heterocycles. The van der Waals surface area contributed by atoms with E-state index in [0.29, 0.717) is 24.4 Å². The molecule has 1 atom stereocenters. The highest BCUT2D eigenvalue weighted by Gasteiger charge is 2.46. The second-order valence-electron chi connectivity index (χ2n) is 7.08. The molecular weight excluding hydrogens is 375 g/mol. The maximum Gasteiger partial charge on any atom is 0.295 e. The molecule has 0 spiro atoms. The number of nitrogens with zero attached hydrogens (tertiary/aromatic N) is 2. The van der Waals surface area contributed by atoms with Gasteiger partial charge in [0.1, 0.15) is 17.3 Å². The summed E-state index contributed by atoms with van der Waals surface area (Å²) < 4.78 is 18.6. The zero-order valence-corrected chi connectivity index (χ0v) is 16.6. The smallest absolute Gasteiger partial charge is 0.295 e. The number of ketones is 1. The fourth-order valence-electron chi connectivity index (χ4n) is 3.34. The molecule has 152 valence electrons. The van der Waals surface area contributed by atoms with Crippen molar-refractivity contribution in [3.63, 3.8) is 0 Å². The number of ether oxygens (including phenoxy) is 1. The van der Waals surface area contributed by atoms with Gasteiger partial charge in [0.15, 0.2) is 0 Å². The van der Waals surface area contributed by atoms with Crippen molar-refractivity contribution < 1.29 is 23.8 Å². The van der Waals surface area contributed by atoms with Crippen LogP contribution in [0.3, 0.4) is 0 Å². The molecule has 1 aliphatic heterocycles. The van der Waals surface area contributed by atoms with Crippen LogP contribution in [0.25, 0.3) is 5.76 Å². The Morgan fingerprint density at radius 3 is 2.48 bits per heavy atom. The maximum atomic E-state index is 13.3. The van der Waals surface area contributed by atoms with Gasteiger partial charge >= 0.3 is 0 Å². The van der Waals surface area contributed by atoms with Crippen LogP contribution in [0.1, 0.15) is 17.2 Å². The average Bonchev–Trinajstić information content (AvgIpc) is 2.97. The van der Waals surface area contributed by atoms with E-state index in [1.807, 2.05) is 19.0 Å². The van der Waals surface area contributed by atoms with Crippen LogP contribution in [-0.4, -0.2) is 60.9 Å². The van der Waals surface area contributed by atoms with Crippen molar-refractivity contribution in [1.29, 1.82) is 0 Å². The van der Waals surface area contributed by atoms with Crippen molar-refractivity contribution in [1.82, 2.24) is 9.80 Å². The van der Waals surface area contributed by atoms with Gasteiger partial charge in [0.05, 0.1) is 18.7 Å². The second kappa shape index (κ2) is 8.45. The van der Waals surface area contributed by atoms with Gasteiger partial charge in [-0.25, -0.2) is 4.39 Å². The van der Waals surface area contributed by atoms with Gasteiger partial charge in [-0.05, 0) is 56.1 Å². The highest BCUT2D eigenvalue weighted by Crippen LogP contribution is 2.40. The summed E-state index contributed by atoms with van der Waals surface area (Å²) in [5.74, 6) is -1.66. The SMILES string of the molecule is COc1cccc([C@H]2C(=C(O)c3ccc(F)cc3)C(=O)C(=O)N2CCN(C)C)c1. The van der Waals surface area contributed by atoms with Crippen molar-refractivity contribution in [2.75, 3.05) is 34.3 Å². The van der Waals surface area contributed by atoms with Crippen LogP contribution in [0.15, 0.2) is 54.1 Å². The van der Waals surface area contributed by atoms with Crippen LogP contribution in [0.4, 0.5) is 4.39 Å². The third-order valence-electron chi connectivity index (χ3n) is 4.86. The van der Waals surface area contributed by atoms with Crippen LogP contribution in [0.5, 0.6) is 5.75 Å². The first-order valence-electron chi connectivity index (χ1n) is 9.16. The third-order valence-corrected chi connectivity index (χ3v) is 4.86. The van der Waals surface area contributed by atoms with Crippen molar-refractivity contribution >= 4 is 17.4 Å². The van der Waals surface area contributed by atoms with Crippen molar-refractivity contribution in [2.24, 2.45) is 0 Å². The van der Waals surface area contributed by atoms with Crippen molar-refractivity contribution in [3.8, 4) is 5.75 Å². The number of aliphatic hydroxyl groups is 1. The Hall–Kier alpha value is -3.19. The van der Waals surface area contributed by atoms with Crippen LogP contribution in [-0.2, 0) is 9.59 Å². The van der Waals surface area contributed by atoms with Crippen LogP contribution in [0, 0.1) is 5.82 Å². The summed E-state index contributed by atoms with van der Waals surface area (Å²) in [6.07, 6.45) is 0. The Morgan fingerprint density at radius 2 is 1.86 bits per heavy atom. The van der Waals surface area contributed by atoms with Gasteiger partial charge < -0.3 is 19.6 Å². The molecule has 29 heavy (non-hydrogen) atoms. The minimum Gasteiger partial charge on any atom is -0.507 e. The summed E-state index contributed by atoms with van der Waals surface area (Å²) in [6, 6.07) is 11.4. The van der Waals surface area contributed by atoms with E-state index in [1.54, 1.807) is 24.3 Å². The number of benzene rings is 2. The summed E-state index contributed by atoms with van der Waals surface area (Å²) in [5.41, 5.74) is 0.893. The normalized spacial score (nSPS) is 18.5. The number of halogens is 1. The van der Waals surface area contributed by atoms with Gasteiger partial charge in [-0.2, -0.15) is 0 Å². The third kappa shape index (κ3) is 4.14. The van der Waals surface area contributed by atoms with E-state index in [-0.39, 0.29) is 16.9 Å². The average molecular weight is 398 g/mol. The molecule has 6 nitrogen and oxygen atoms in total. The largest absolute Gasteiger partial charge is 0.507 e. The number of amides is 1. The molecule has 7 heteroatoms. The molecule has 1 heterocycles. The number of methoxy groups -OCH3 is 1. The Morgan fingerprint density at radius 1 is 1.17 bits per heavy atom. The van der Waals surface area contributed by atoms with E-state index in [9.17, 15) is 19.1 Å². The Balaban J connectivity index is 2.15. The maximum absolute atomic E-state index is 13.3. The number of rotatable bonds is 6. The first-order chi connectivity index (χ1) is 13.8. The molecule has 0 aromatic heterocycles. The fourth-order valence-corrected chi connectivity index (χ4v) is 3.34. The predicted octanol–water partition coefficient (Wildman–Crippen LogP) is 2.82. The molecule has 0 unspecified atom stereocenters. The molecule has 1 N–H and O–H groups in total. The van der Waals surface area contributed by atoms with Crippen LogP contribution in [0.2, 0.25) is 0 Å². The number of likely N-dealkylation sites (N-methyl/N-ethyl adjacent to an activating group) is 1. The first-order valence-corrected chi connectivity index (χ1v) is 9.16. The number of aliphatic hydroxyl groups excluding tert-OH is 1. The molecule has 0 radical (unpaired) electrons. The number of hydrogen-bond donors (Lipinski definition) is 1. The zero-order chi connectivity index (χ0) is 21.1. The minimum atomic E-state index is -0.768. The van der Waals surface area contributed by atoms with E-state index >= 15 is 0 Å². The summed E-state index contributed by atoms with van der Waals surface area (Å²) in [4.78, 5) is 29.0. The lowest BCUT2D eigenvalue weighted by Gasteiger charge is -2.26. The molecule has 2 aromatic rings. The molecule has 0 saturated carbocycles. The molecule has 2 aromatic carbocycles. The highest BCUT2D eigenvalue weighted by atomic mass is 19.1. The summed E-state index contributed by atoms with van der Waals surface area (Å²) >= 11 is 0. The topological polar surface area (TPSA) is 70.1 Å². The number of Topliss-reactive ketones (excluding diaryl/α,β-unsaturated/α-hetero) is 1. The summed E-state index contributed by atoms with van der Waals surface area (Å²) in [5, 5.41) is 10.9. The lowest BCUT2D eigenvalue weighted by molar-refractivity contribution is -0.140. The molecule has 1 amide bonds. The van der Waals surface area contributed by atoms with Gasteiger partial charge in [0, 0.05) is 18.7 Å². The molecule has 3 rings (SSSR count). The van der Waals surface area contributed by atoms with Crippen LogP contribution >= 0.6 is 0 Å². The predicted molar refractivity (Wildman–Crippen MR) is 107 cm³/mol. The van der Waals surface area contributed by atoms with Gasteiger partial charge in [-0.1, -0.05) is 12.1 Å². The first kappa shape index (κ1) is 20.5. The molecule has 1 aliphatic rings. The monoisotopic (exact) mass is 398 g/mol. The van der Waals surface area contributed by atoms with E-state index in [2.05, 4.69) is 0 Å². The number of likely N-dealkylation sites (tertiary alicyclic amines) is 1. The summed E-state index contributed by atoms with van der Waals surface area (Å²) in [7, 11) is 5.27. The van der Waals surface area contributed by atoms with Gasteiger partial charge in [0.2, 0.25) is 0 Å². The van der Waals surface area contributed by atoms with Crippen LogP contribution < -0.4 is 4.74 Å². The molecule has 1 fully saturated rings. The second-order valence-corrected chi connectivity index (χ2v) is 7.08. The molecular formula is C22H23FN2O4. The van der Waals surface area contributed by atoms with Gasteiger partial charge in [-0.3, -0.25) is 9.59 Å². The highest BCUT2D eigenvalue weighted by molar-refractivity contribution is 6.46. The number of hydrogen-bond acceptors (Lipinski definition) is 5. The Kier molecular flexibility index (Phi) is 5.98. The van der Waals surface area contributed by atoms with Gasteiger partial charge in [-0.15, -0.1) is 0 Å². The van der Waals surface area contributed by atoms with Gasteiger partial charge in [0.25, 0.3) is 11.7 Å². The van der Waals surface area contributed by atoms with E-state index in [1.165, 1.54) is 36.3 Å². The van der Waals surface area contributed by atoms with E-state index < -0.39 is 23.5 Å². The number of carbonyl (C=O) groups excluding carboxylic acids is 2. The number of carbonyl (C=O) groups is 2. The molecule has 0 aliphatic carbocycles. The zero-order valence-electron chi connectivity index (χ0n) is 16.6.